The van der Waals surface area contributed by atoms with Crippen molar-refractivity contribution in [1.29, 1.82) is 0 Å². The number of halogens is 1. The molecular weight excluding hydrogens is 274 g/mol. The summed E-state index contributed by atoms with van der Waals surface area (Å²) < 4.78 is 7.60. The molecule has 1 atom stereocenters. The first-order chi connectivity index (χ1) is 9.63. The van der Waals surface area contributed by atoms with Crippen molar-refractivity contribution in [2.24, 2.45) is 7.05 Å². The van der Waals surface area contributed by atoms with Crippen molar-refractivity contribution in [3.63, 3.8) is 0 Å². The third kappa shape index (κ3) is 5.08. The number of aryl methyl sites for hydroxylation is 2. The molecule has 0 aromatic carbocycles. The molecule has 0 saturated carbocycles. The summed E-state index contributed by atoms with van der Waals surface area (Å²) in [5, 5.41) is 8.82. The topological polar surface area (TPSA) is 39.1 Å². The lowest BCUT2D eigenvalue weighted by Crippen LogP contribution is -2.36. The zero-order valence-electron chi connectivity index (χ0n) is 13.2. The Morgan fingerprint density at radius 2 is 2.05 bits per heavy atom. The maximum atomic E-state index is 6.42. The van der Waals surface area contributed by atoms with Crippen LogP contribution in [-0.2, 0) is 24.6 Å². The molecule has 4 nitrogen and oxygen atoms in total. The second kappa shape index (κ2) is 9.37. The number of aromatic nitrogens is 2. The summed E-state index contributed by atoms with van der Waals surface area (Å²) in [5.41, 5.74) is 2.07. The Morgan fingerprint density at radius 1 is 1.30 bits per heavy atom. The SMILES string of the molecule is CCCNC(COCCC)Cc1c(Cl)c(CC)nn1C. The van der Waals surface area contributed by atoms with Crippen LogP contribution in [0.5, 0.6) is 0 Å². The molecule has 0 aliphatic heterocycles. The van der Waals surface area contributed by atoms with Gasteiger partial charge in [-0.2, -0.15) is 5.10 Å². The molecule has 0 bridgehead atoms. The van der Waals surface area contributed by atoms with Crippen molar-refractivity contribution in [3.8, 4) is 0 Å². The number of hydrogen-bond acceptors (Lipinski definition) is 3. The Hall–Kier alpha value is -0.580. The molecule has 1 N–H and O–H groups in total. The van der Waals surface area contributed by atoms with Crippen LogP contribution in [0.25, 0.3) is 0 Å². The minimum absolute atomic E-state index is 0.291. The van der Waals surface area contributed by atoms with Crippen molar-refractivity contribution in [2.75, 3.05) is 19.8 Å². The second-order valence-corrected chi connectivity index (χ2v) is 5.49. The van der Waals surface area contributed by atoms with Crippen molar-refractivity contribution >= 4 is 11.6 Å². The molecule has 5 heteroatoms. The quantitative estimate of drug-likeness (QED) is 0.675. The van der Waals surface area contributed by atoms with Gasteiger partial charge in [-0.25, -0.2) is 0 Å². The van der Waals surface area contributed by atoms with E-state index in [4.69, 9.17) is 16.3 Å². The molecule has 1 heterocycles. The van der Waals surface area contributed by atoms with Crippen molar-refractivity contribution in [2.45, 2.75) is 52.5 Å². The van der Waals surface area contributed by atoms with Gasteiger partial charge in [0.1, 0.15) is 0 Å². The van der Waals surface area contributed by atoms with Gasteiger partial charge in [0.2, 0.25) is 0 Å². The summed E-state index contributed by atoms with van der Waals surface area (Å²) in [7, 11) is 1.96. The van der Waals surface area contributed by atoms with E-state index in [1.54, 1.807) is 0 Å². The first-order valence-electron chi connectivity index (χ1n) is 7.65. The summed E-state index contributed by atoms with van der Waals surface area (Å²) in [5.74, 6) is 0. The third-order valence-corrected chi connectivity index (χ3v) is 3.73. The molecule has 1 aromatic rings. The summed E-state index contributed by atoms with van der Waals surface area (Å²) in [6, 6.07) is 0.291. The smallest absolute Gasteiger partial charge is 0.0850 e. The summed E-state index contributed by atoms with van der Waals surface area (Å²) >= 11 is 6.42. The predicted molar refractivity (Wildman–Crippen MR) is 84.5 cm³/mol. The van der Waals surface area contributed by atoms with E-state index in [1.165, 1.54) is 0 Å². The van der Waals surface area contributed by atoms with Gasteiger partial charge in [0, 0.05) is 26.1 Å². The van der Waals surface area contributed by atoms with Crippen molar-refractivity contribution < 1.29 is 4.74 Å². The molecule has 0 radical (unpaired) electrons. The molecule has 20 heavy (non-hydrogen) atoms. The lowest BCUT2D eigenvalue weighted by molar-refractivity contribution is 0.111. The first kappa shape index (κ1) is 17.5. The zero-order valence-corrected chi connectivity index (χ0v) is 14.0. The molecule has 0 aliphatic rings. The first-order valence-corrected chi connectivity index (χ1v) is 8.03. The fourth-order valence-corrected chi connectivity index (χ4v) is 2.55. The molecule has 1 rings (SSSR count). The molecule has 0 saturated heterocycles. The summed E-state index contributed by atoms with van der Waals surface area (Å²) in [6.45, 7) is 8.90. The fraction of sp³-hybridized carbons (Fsp3) is 0.800. The Kier molecular flexibility index (Phi) is 8.19. The average molecular weight is 302 g/mol. The van der Waals surface area contributed by atoms with Crippen LogP contribution in [0.3, 0.4) is 0 Å². The van der Waals surface area contributed by atoms with Gasteiger partial charge in [0.25, 0.3) is 0 Å². The van der Waals surface area contributed by atoms with E-state index in [2.05, 4.69) is 31.2 Å². The van der Waals surface area contributed by atoms with Gasteiger partial charge in [-0.1, -0.05) is 32.4 Å². The molecule has 1 aromatic heterocycles. The lowest BCUT2D eigenvalue weighted by Gasteiger charge is -2.19. The van der Waals surface area contributed by atoms with Gasteiger partial charge in [0.05, 0.1) is 23.0 Å². The molecule has 0 aliphatic carbocycles. The van der Waals surface area contributed by atoms with E-state index in [-0.39, 0.29) is 0 Å². The normalized spacial score (nSPS) is 12.8. The largest absolute Gasteiger partial charge is 0.380 e. The van der Waals surface area contributed by atoms with Crippen LogP contribution in [0.1, 0.15) is 45.0 Å². The predicted octanol–water partition coefficient (Wildman–Crippen LogP) is 2.97. The number of rotatable bonds is 10. The van der Waals surface area contributed by atoms with Crippen LogP contribution in [0.4, 0.5) is 0 Å². The molecule has 116 valence electrons. The van der Waals surface area contributed by atoms with Crippen molar-refractivity contribution in [3.05, 3.63) is 16.4 Å². The highest BCUT2D eigenvalue weighted by Gasteiger charge is 2.17. The molecule has 0 spiro atoms. The molecule has 1 unspecified atom stereocenters. The minimum atomic E-state index is 0.291. The molecule has 0 amide bonds. The Balaban J connectivity index is 2.69. The Morgan fingerprint density at radius 3 is 2.60 bits per heavy atom. The number of nitrogens with one attached hydrogen (secondary N) is 1. The van der Waals surface area contributed by atoms with Gasteiger partial charge >= 0.3 is 0 Å². The summed E-state index contributed by atoms with van der Waals surface area (Å²) in [6.07, 6.45) is 3.88. The van der Waals surface area contributed by atoms with E-state index in [1.807, 2.05) is 11.7 Å². The van der Waals surface area contributed by atoms with Gasteiger partial charge in [-0.15, -0.1) is 0 Å². The lowest BCUT2D eigenvalue weighted by atomic mass is 10.1. The van der Waals surface area contributed by atoms with Crippen LogP contribution < -0.4 is 5.32 Å². The average Bonchev–Trinajstić information content (AvgIpc) is 2.71. The van der Waals surface area contributed by atoms with E-state index in [0.29, 0.717) is 6.04 Å². The Labute approximate surface area is 127 Å². The zero-order chi connectivity index (χ0) is 15.0. The number of nitrogens with zero attached hydrogens (tertiary/aromatic N) is 2. The van der Waals surface area contributed by atoms with Crippen LogP contribution in [0, 0.1) is 0 Å². The molecule has 0 fully saturated rings. The minimum Gasteiger partial charge on any atom is -0.380 e. The van der Waals surface area contributed by atoms with E-state index in [9.17, 15) is 0 Å². The fourth-order valence-electron chi connectivity index (χ4n) is 2.18. The second-order valence-electron chi connectivity index (χ2n) is 5.11. The number of hydrogen-bond donors (Lipinski definition) is 1. The van der Waals surface area contributed by atoms with Crippen molar-refractivity contribution in [1.82, 2.24) is 15.1 Å². The van der Waals surface area contributed by atoms with Crippen LogP contribution in [0.2, 0.25) is 5.02 Å². The summed E-state index contributed by atoms with van der Waals surface area (Å²) in [4.78, 5) is 0. The van der Waals surface area contributed by atoms with Gasteiger partial charge in [0.15, 0.2) is 0 Å². The maximum Gasteiger partial charge on any atom is 0.0850 e. The molecular formula is C15H28ClN3O. The highest BCUT2D eigenvalue weighted by Crippen LogP contribution is 2.22. The van der Waals surface area contributed by atoms with E-state index in [0.717, 1.165) is 61.9 Å². The number of ether oxygens (including phenoxy) is 1. The van der Waals surface area contributed by atoms with E-state index < -0.39 is 0 Å². The standard InChI is InChI=1S/C15H28ClN3O/c1-5-8-17-12(11-20-9-6-2)10-14-15(16)13(7-3)18-19(14)4/h12,17H,5-11H2,1-4H3. The van der Waals surface area contributed by atoms with Crippen LogP contribution in [0.15, 0.2) is 0 Å². The monoisotopic (exact) mass is 301 g/mol. The van der Waals surface area contributed by atoms with Gasteiger partial charge in [-0.05, 0) is 25.8 Å². The maximum absolute atomic E-state index is 6.42. The third-order valence-electron chi connectivity index (χ3n) is 3.29. The highest BCUT2D eigenvalue weighted by atomic mass is 35.5. The van der Waals surface area contributed by atoms with Gasteiger partial charge in [-0.3, -0.25) is 4.68 Å². The van der Waals surface area contributed by atoms with Crippen LogP contribution >= 0.6 is 11.6 Å². The van der Waals surface area contributed by atoms with Crippen LogP contribution in [-0.4, -0.2) is 35.6 Å². The van der Waals surface area contributed by atoms with E-state index >= 15 is 0 Å². The highest BCUT2D eigenvalue weighted by molar-refractivity contribution is 6.31. The van der Waals surface area contributed by atoms with Gasteiger partial charge < -0.3 is 10.1 Å². The Bertz CT molecular complexity index is 393.